The molecule has 1 atom stereocenters. The zero-order chi connectivity index (χ0) is 22.3. The zero-order valence-electron chi connectivity index (χ0n) is 16.2. The fraction of sp³-hybridized carbons (Fsp3) is 0.211. The molecule has 9 nitrogen and oxygen atoms in total. The van der Waals surface area contributed by atoms with E-state index in [4.69, 9.17) is 37.4 Å². The fourth-order valence-electron chi connectivity index (χ4n) is 2.17. The first-order valence-corrected chi connectivity index (χ1v) is 9.25. The SMILES string of the molecule is COc1ccc(NC(=O)C(=O)NNC(=O)[C@H](C)Oc2ccc(Cl)cc2Cl)c(OC)c1. The van der Waals surface area contributed by atoms with Gasteiger partial charge in [-0.25, -0.2) is 0 Å². The molecule has 160 valence electrons. The summed E-state index contributed by atoms with van der Waals surface area (Å²) in [4.78, 5) is 36.1. The number of halogens is 2. The first kappa shape index (κ1) is 23.1. The number of ether oxygens (including phenoxy) is 3. The Morgan fingerprint density at radius 2 is 1.63 bits per heavy atom. The third kappa shape index (κ3) is 6.16. The Morgan fingerprint density at radius 1 is 0.900 bits per heavy atom. The lowest BCUT2D eigenvalue weighted by atomic mass is 10.2. The van der Waals surface area contributed by atoms with Gasteiger partial charge >= 0.3 is 11.8 Å². The van der Waals surface area contributed by atoms with Crippen molar-refractivity contribution in [2.24, 2.45) is 0 Å². The van der Waals surface area contributed by atoms with Crippen LogP contribution in [0.4, 0.5) is 5.69 Å². The number of hydrogen-bond donors (Lipinski definition) is 3. The first-order valence-electron chi connectivity index (χ1n) is 8.50. The van der Waals surface area contributed by atoms with Gasteiger partial charge in [-0.3, -0.25) is 25.2 Å². The Morgan fingerprint density at radius 3 is 2.27 bits per heavy atom. The molecule has 0 radical (unpaired) electrons. The first-order chi connectivity index (χ1) is 14.2. The highest BCUT2D eigenvalue weighted by Gasteiger charge is 2.20. The maximum Gasteiger partial charge on any atom is 0.328 e. The Labute approximate surface area is 182 Å². The van der Waals surface area contributed by atoms with Gasteiger partial charge in [0.05, 0.1) is 24.9 Å². The number of carbonyl (C=O) groups excluding carboxylic acids is 3. The summed E-state index contributed by atoms with van der Waals surface area (Å²) in [6, 6.07) is 9.14. The van der Waals surface area contributed by atoms with Gasteiger partial charge in [0.2, 0.25) is 0 Å². The number of hydrazine groups is 1. The van der Waals surface area contributed by atoms with Crippen molar-refractivity contribution in [3.05, 3.63) is 46.4 Å². The van der Waals surface area contributed by atoms with Crippen molar-refractivity contribution in [2.45, 2.75) is 13.0 Å². The molecule has 0 aromatic heterocycles. The van der Waals surface area contributed by atoms with Gasteiger partial charge in [-0.05, 0) is 37.3 Å². The molecule has 0 bridgehead atoms. The van der Waals surface area contributed by atoms with Crippen molar-refractivity contribution < 1.29 is 28.6 Å². The molecular formula is C19H19Cl2N3O6. The summed E-state index contributed by atoms with van der Waals surface area (Å²) in [5, 5.41) is 3.01. The van der Waals surface area contributed by atoms with E-state index >= 15 is 0 Å². The highest BCUT2D eigenvalue weighted by molar-refractivity contribution is 6.39. The average molecular weight is 456 g/mol. The van der Waals surface area contributed by atoms with Crippen LogP contribution in [-0.2, 0) is 14.4 Å². The van der Waals surface area contributed by atoms with Crippen molar-refractivity contribution >= 4 is 46.6 Å². The maximum absolute atomic E-state index is 12.1. The Balaban J connectivity index is 1.89. The second-order valence-electron chi connectivity index (χ2n) is 5.80. The summed E-state index contributed by atoms with van der Waals surface area (Å²) < 4.78 is 15.6. The van der Waals surface area contributed by atoms with Crippen molar-refractivity contribution in [1.82, 2.24) is 10.9 Å². The van der Waals surface area contributed by atoms with Crippen molar-refractivity contribution in [1.29, 1.82) is 0 Å². The minimum Gasteiger partial charge on any atom is -0.497 e. The van der Waals surface area contributed by atoms with Crippen LogP contribution in [0.3, 0.4) is 0 Å². The number of nitrogens with one attached hydrogen (secondary N) is 3. The molecule has 0 unspecified atom stereocenters. The molecule has 0 aliphatic rings. The highest BCUT2D eigenvalue weighted by atomic mass is 35.5. The summed E-state index contributed by atoms with van der Waals surface area (Å²) in [7, 11) is 2.88. The van der Waals surface area contributed by atoms with E-state index in [9.17, 15) is 14.4 Å². The van der Waals surface area contributed by atoms with Gasteiger partial charge in [0.1, 0.15) is 17.2 Å². The van der Waals surface area contributed by atoms with Crippen LogP contribution in [0, 0.1) is 0 Å². The van der Waals surface area contributed by atoms with Crippen molar-refractivity contribution in [3.63, 3.8) is 0 Å². The number of rotatable bonds is 6. The highest BCUT2D eigenvalue weighted by Crippen LogP contribution is 2.29. The van der Waals surface area contributed by atoms with E-state index in [2.05, 4.69) is 10.7 Å². The summed E-state index contributed by atoms with van der Waals surface area (Å²) in [5.41, 5.74) is 4.35. The number of carbonyl (C=O) groups is 3. The van der Waals surface area contributed by atoms with E-state index in [-0.39, 0.29) is 16.5 Å². The number of amides is 3. The Kier molecular flexibility index (Phi) is 8.14. The van der Waals surface area contributed by atoms with Gasteiger partial charge in [0.25, 0.3) is 5.91 Å². The van der Waals surface area contributed by atoms with Crippen LogP contribution in [0.15, 0.2) is 36.4 Å². The monoisotopic (exact) mass is 455 g/mol. The molecule has 2 aromatic rings. The number of hydrogen-bond acceptors (Lipinski definition) is 6. The van der Waals surface area contributed by atoms with E-state index in [1.807, 2.05) is 5.43 Å². The largest absolute Gasteiger partial charge is 0.497 e. The molecule has 30 heavy (non-hydrogen) atoms. The van der Waals surface area contributed by atoms with Crippen LogP contribution < -0.4 is 30.4 Å². The number of methoxy groups -OCH3 is 2. The van der Waals surface area contributed by atoms with Crippen LogP contribution in [0.2, 0.25) is 10.0 Å². The molecule has 3 N–H and O–H groups in total. The van der Waals surface area contributed by atoms with Gasteiger partial charge in [-0.1, -0.05) is 23.2 Å². The second kappa shape index (κ2) is 10.6. The second-order valence-corrected chi connectivity index (χ2v) is 6.64. The van der Waals surface area contributed by atoms with Crippen LogP contribution in [0.25, 0.3) is 0 Å². The van der Waals surface area contributed by atoms with Gasteiger partial charge < -0.3 is 19.5 Å². The average Bonchev–Trinajstić information content (AvgIpc) is 2.73. The standard InChI is InChI=1S/C19H19Cl2N3O6/c1-10(30-15-7-4-11(20)8-13(15)21)17(25)23-24-19(27)18(26)22-14-6-5-12(28-2)9-16(14)29-3/h4-10H,1-3H3,(H,22,26)(H,23,25)(H,24,27)/t10-/m0/s1. The molecule has 2 aromatic carbocycles. The zero-order valence-corrected chi connectivity index (χ0v) is 17.8. The third-order valence-corrected chi connectivity index (χ3v) is 4.26. The van der Waals surface area contributed by atoms with Gasteiger partial charge in [-0.15, -0.1) is 0 Å². The lowest BCUT2D eigenvalue weighted by molar-refractivity contribution is -0.139. The normalized spacial score (nSPS) is 11.1. The van der Waals surface area contributed by atoms with Crippen molar-refractivity contribution in [2.75, 3.05) is 19.5 Å². The molecule has 0 aliphatic heterocycles. The van der Waals surface area contributed by atoms with E-state index < -0.39 is 23.8 Å². The van der Waals surface area contributed by atoms with Crippen LogP contribution in [-0.4, -0.2) is 38.0 Å². The summed E-state index contributed by atoms with van der Waals surface area (Å²) in [6.07, 6.45) is -1.02. The molecule has 0 heterocycles. The quantitative estimate of drug-likeness (QED) is 0.455. The minimum absolute atomic E-state index is 0.221. The molecule has 3 amide bonds. The lowest BCUT2D eigenvalue weighted by Crippen LogP contribution is -2.50. The summed E-state index contributed by atoms with van der Waals surface area (Å²) >= 11 is 11.8. The predicted molar refractivity (Wildman–Crippen MR) is 111 cm³/mol. The molecule has 0 fully saturated rings. The lowest BCUT2D eigenvalue weighted by Gasteiger charge is -2.16. The molecule has 11 heteroatoms. The molecule has 0 spiro atoms. The van der Waals surface area contributed by atoms with Crippen molar-refractivity contribution in [3.8, 4) is 17.2 Å². The Hall–Kier alpha value is -3.17. The molecule has 0 aliphatic carbocycles. The summed E-state index contributed by atoms with van der Waals surface area (Å²) in [6.45, 7) is 1.44. The van der Waals surface area contributed by atoms with E-state index in [0.29, 0.717) is 16.5 Å². The summed E-state index contributed by atoms with van der Waals surface area (Å²) in [5.74, 6) is -1.78. The topological polar surface area (TPSA) is 115 Å². The Bertz CT molecular complexity index is 954. The van der Waals surface area contributed by atoms with Crippen LogP contribution in [0.5, 0.6) is 17.2 Å². The smallest absolute Gasteiger partial charge is 0.328 e. The number of anilines is 1. The molecular weight excluding hydrogens is 437 g/mol. The molecule has 0 saturated carbocycles. The number of benzene rings is 2. The van der Waals surface area contributed by atoms with E-state index in [1.54, 1.807) is 12.1 Å². The molecule has 0 saturated heterocycles. The van der Waals surface area contributed by atoms with E-state index in [0.717, 1.165) is 0 Å². The maximum atomic E-state index is 12.1. The third-order valence-electron chi connectivity index (χ3n) is 3.73. The van der Waals surface area contributed by atoms with E-state index in [1.165, 1.54) is 45.4 Å². The van der Waals surface area contributed by atoms with Gasteiger partial charge in [0.15, 0.2) is 6.10 Å². The van der Waals surface area contributed by atoms with Crippen LogP contribution in [0.1, 0.15) is 6.92 Å². The molecule has 2 rings (SSSR count). The van der Waals surface area contributed by atoms with Gasteiger partial charge in [-0.2, -0.15) is 0 Å². The predicted octanol–water partition coefficient (Wildman–Crippen LogP) is 2.56. The fourth-order valence-corrected chi connectivity index (χ4v) is 2.63. The van der Waals surface area contributed by atoms with Crippen LogP contribution >= 0.6 is 23.2 Å². The van der Waals surface area contributed by atoms with Gasteiger partial charge in [0, 0.05) is 11.1 Å². The minimum atomic E-state index is -1.10.